The number of aromatic nitrogens is 1. The number of likely N-dealkylation sites (N-methyl/N-ethyl adjacent to an activating group) is 1. The normalized spacial score (nSPS) is 23.8. The average molecular weight is 312 g/mol. The second kappa shape index (κ2) is 4.64. The van der Waals surface area contributed by atoms with Crippen molar-refractivity contribution in [1.29, 1.82) is 0 Å². The van der Waals surface area contributed by atoms with Crippen molar-refractivity contribution in [3.05, 3.63) is 41.0 Å². The third-order valence-corrected chi connectivity index (χ3v) is 5.69. The summed E-state index contributed by atoms with van der Waals surface area (Å²) in [5.41, 5.74) is 7.20. The zero-order valence-corrected chi connectivity index (χ0v) is 13.1. The number of nitrogens with zero attached hydrogens (tertiary/aromatic N) is 3. The summed E-state index contributed by atoms with van der Waals surface area (Å²) < 4.78 is 0. The third kappa shape index (κ3) is 1.73. The molecule has 112 valence electrons. The van der Waals surface area contributed by atoms with Crippen molar-refractivity contribution in [2.24, 2.45) is 10.7 Å². The largest absolute Gasteiger partial charge is 0.369 e. The lowest BCUT2D eigenvalue weighted by Gasteiger charge is -2.29. The van der Waals surface area contributed by atoms with Gasteiger partial charge in [0, 0.05) is 40.3 Å². The molecule has 2 aliphatic rings. The first-order valence-electron chi connectivity index (χ1n) is 7.29. The number of carbonyl (C=O) groups is 1. The molecular weight excluding hydrogens is 296 g/mol. The number of thiophene rings is 1. The van der Waals surface area contributed by atoms with Crippen LogP contribution in [0.5, 0.6) is 0 Å². The van der Waals surface area contributed by atoms with Gasteiger partial charge in [0.1, 0.15) is 0 Å². The average Bonchev–Trinajstić information content (AvgIpc) is 3.07. The molecule has 0 aromatic carbocycles. The smallest absolute Gasteiger partial charge is 0.261 e. The van der Waals surface area contributed by atoms with Crippen LogP contribution in [0.1, 0.15) is 23.3 Å². The topological polar surface area (TPSA) is 71.6 Å². The number of nitrogens with two attached hydrogens (primary N) is 1. The molecule has 6 heteroatoms. The monoisotopic (exact) mass is 312 g/mol. The lowest BCUT2D eigenvalue weighted by Crippen LogP contribution is -2.41. The maximum Gasteiger partial charge on any atom is 0.261 e. The number of rotatable bonds is 1. The minimum Gasteiger partial charge on any atom is -0.369 e. The predicted molar refractivity (Wildman–Crippen MR) is 86.6 cm³/mol. The Labute approximate surface area is 132 Å². The van der Waals surface area contributed by atoms with Crippen molar-refractivity contribution < 1.29 is 4.79 Å². The first-order chi connectivity index (χ1) is 10.6. The lowest BCUT2D eigenvalue weighted by molar-refractivity contribution is -0.131. The zero-order valence-electron chi connectivity index (χ0n) is 12.2. The molecule has 3 heterocycles. The maximum atomic E-state index is 12.7. The van der Waals surface area contributed by atoms with Crippen LogP contribution in [-0.4, -0.2) is 28.8 Å². The molecular formula is C16H16N4OS. The Kier molecular flexibility index (Phi) is 2.84. The summed E-state index contributed by atoms with van der Waals surface area (Å²) in [5, 5.41) is 0. The summed E-state index contributed by atoms with van der Waals surface area (Å²) in [7, 11) is 1.69. The van der Waals surface area contributed by atoms with E-state index in [4.69, 9.17) is 5.73 Å². The number of fused-ring (bicyclic) bond motifs is 2. The Morgan fingerprint density at radius 1 is 1.45 bits per heavy atom. The molecule has 2 N–H and O–H groups in total. The summed E-state index contributed by atoms with van der Waals surface area (Å²) >= 11 is 1.73. The van der Waals surface area contributed by atoms with Crippen LogP contribution < -0.4 is 5.73 Å². The van der Waals surface area contributed by atoms with Gasteiger partial charge < -0.3 is 5.73 Å². The fraction of sp³-hybridized carbons (Fsp3) is 0.312. The Morgan fingerprint density at radius 2 is 2.32 bits per heavy atom. The Balaban J connectivity index is 1.87. The number of pyridine rings is 1. The van der Waals surface area contributed by atoms with E-state index in [1.165, 1.54) is 9.78 Å². The van der Waals surface area contributed by atoms with Gasteiger partial charge >= 0.3 is 0 Å². The molecule has 1 amide bonds. The van der Waals surface area contributed by atoms with E-state index in [2.05, 4.69) is 16.0 Å². The number of aliphatic imine (C=N–C) groups is 1. The number of hydrogen-bond acceptors (Lipinski definition) is 5. The maximum absolute atomic E-state index is 12.7. The molecule has 2 aromatic heterocycles. The fourth-order valence-electron chi connectivity index (χ4n) is 3.29. The van der Waals surface area contributed by atoms with Crippen LogP contribution in [0.2, 0.25) is 0 Å². The van der Waals surface area contributed by atoms with E-state index in [-0.39, 0.29) is 5.91 Å². The van der Waals surface area contributed by atoms with Gasteiger partial charge in [-0.3, -0.25) is 14.7 Å². The summed E-state index contributed by atoms with van der Waals surface area (Å²) in [4.78, 5) is 25.3. The van der Waals surface area contributed by atoms with Crippen molar-refractivity contribution in [2.75, 3.05) is 7.05 Å². The van der Waals surface area contributed by atoms with E-state index in [9.17, 15) is 4.79 Å². The zero-order chi connectivity index (χ0) is 15.3. The third-order valence-electron chi connectivity index (χ3n) is 4.45. The lowest BCUT2D eigenvalue weighted by atomic mass is 9.80. The van der Waals surface area contributed by atoms with Crippen LogP contribution >= 0.6 is 11.3 Å². The first kappa shape index (κ1) is 13.5. The molecule has 1 aliphatic carbocycles. The highest BCUT2D eigenvalue weighted by Gasteiger charge is 2.50. The molecule has 2 aromatic rings. The number of aryl methyl sites for hydroxylation is 1. The molecule has 0 saturated carbocycles. The predicted octanol–water partition coefficient (Wildman–Crippen LogP) is 2.13. The molecule has 1 aliphatic heterocycles. The van der Waals surface area contributed by atoms with Gasteiger partial charge in [-0.15, -0.1) is 11.3 Å². The molecule has 0 bridgehead atoms. The summed E-state index contributed by atoms with van der Waals surface area (Å²) in [6.07, 6.45) is 6.29. The van der Waals surface area contributed by atoms with Crippen LogP contribution in [0.3, 0.4) is 0 Å². The summed E-state index contributed by atoms with van der Waals surface area (Å²) in [5.74, 6) is 0.300. The molecule has 1 unspecified atom stereocenters. The van der Waals surface area contributed by atoms with Crippen LogP contribution in [0.15, 0.2) is 35.6 Å². The van der Waals surface area contributed by atoms with Crippen LogP contribution in [-0.2, 0) is 16.8 Å². The van der Waals surface area contributed by atoms with Gasteiger partial charge in [-0.25, -0.2) is 4.99 Å². The van der Waals surface area contributed by atoms with Gasteiger partial charge in [0.25, 0.3) is 5.91 Å². The highest BCUT2D eigenvalue weighted by molar-refractivity contribution is 7.15. The summed E-state index contributed by atoms with van der Waals surface area (Å²) in [6.45, 7) is 0. The molecule has 0 fully saturated rings. The van der Waals surface area contributed by atoms with E-state index in [1.807, 2.05) is 18.3 Å². The quantitative estimate of drug-likeness (QED) is 0.877. The van der Waals surface area contributed by atoms with Crippen LogP contribution in [0, 0.1) is 0 Å². The van der Waals surface area contributed by atoms with Crippen molar-refractivity contribution in [2.45, 2.75) is 24.8 Å². The Hall–Kier alpha value is -2.21. The summed E-state index contributed by atoms with van der Waals surface area (Å²) in [6, 6.07) is 6.07. The van der Waals surface area contributed by atoms with Gasteiger partial charge in [0.15, 0.2) is 11.5 Å². The minimum atomic E-state index is -0.802. The van der Waals surface area contributed by atoms with Crippen molar-refractivity contribution >= 4 is 23.2 Å². The van der Waals surface area contributed by atoms with Crippen molar-refractivity contribution in [1.82, 2.24) is 9.88 Å². The molecule has 5 nitrogen and oxygen atoms in total. The highest BCUT2D eigenvalue weighted by atomic mass is 32.1. The second-order valence-corrected chi connectivity index (χ2v) is 6.87. The number of guanidine groups is 1. The minimum absolute atomic E-state index is 0.0125. The molecule has 1 spiro atoms. The van der Waals surface area contributed by atoms with Crippen molar-refractivity contribution in [3.63, 3.8) is 0 Å². The van der Waals surface area contributed by atoms with E-state index >= 15 is 0 Å². The van der Waals surface area contributed by atoms with E-state index in [0.717, 1.165) is 35.3 Å². The van der Waals surface area contributed by atoms with E-state index in [0.29, 0.717) is 5.96 Å². The SMILES string of the molecule is CN1C(=O)C2(CCCc3sc(-c4cccnc4)cc32)N=C1N. The van der Waals surface area contributed by atoms with Gasteiger partial charge in [0.05, 0.1) is 0 Å². The van der Waals surface area contributed by atoms with Crippen LogP contribution in [0.4, 0.5) is 0 Å². The molecule has 22 heavy (non-hydrogen) atoms. The van der Waals surface area contributed by atoms with E-state index < -0.39 is 5.54 Å². The Morgan fingerprint density at radius 3 is 3.00 bits per heavy atom. The standard InChI is InChI=1S/C16H16N4OS/c1-20-14(21)16(19-15(20)17)6-2-5-12-11(16)8-13(22-12)10-4-3-7-18-9-10/h3-4,7-9H,2,5-6H2,1H3,(H2,17,19). The van der Waals surface area contributed by atoms with E-state index in [1.54, 1.807) is 24.6 Å². The van der Waals surface area contributed by atoms with Gasteiger partial charge in [0.2, 0.25) is 0 Å². The van der Waals surface area contributed by atoms with Gasteiger partial charge in [-0.05, 0) is 31.4 Å². The highest BCUT2D eigenvalue weighted by Crippen LogP contribution is 2.47. The molecule has 0 radical (unpaired) electrons. The second-order valence-electron chi connectivity index (χ2n) is 5.74. The van der Waals surface area contributed by atoms with Crippen molar-refractivity contribution in [3.8, 4) is 10.4 Å². The van der Waals surface area contributed by atoms with Gasteiger partial charge in [-0.1, -0.05) is 6.07 Å². The van der Waals surface area contributed by atoms with Crippen LogP contribution in [0.25, 0.3) is 10.4 Å². The molecule has 1 atom stereocenters. The number of hydrogen-bond donors (Lipinski definition) is 1. The number of carbonyl (C=O) groups excluding carboxylic acids is 1. The fourth-order valence-corrected chi connectivity index (χ4v) is 4.56. The Bertz CT molecular complexity index is 783. The molecule has 0 saturated heterocycles. The first-order valence-corrected chi connectivity index (χ1v) is 8.10. The number of amides is 1. The van der Waals surface area contributed by atoms with Gasteiger partial charge in [-0.2, -0.15) is 0 Å². The molecule has 4 rings (SSSR count).